The highest BCUT2D eigenvalue weighted by molar-refractivity contribution is 6.46. The van der Waals surface area contributed by atoms with Crippen LogP contribution in [0.5, 0.6) is 0 Å². The number of hydrogen-bond acceptors (Lipinski definition) is 3. The summed E-state index contributed by atoms with van der Waals surface area (Å²) in [6.45, 7) is 0. The molecule has 1 aliphatic rings. The third-order valence-electron chi connectivity index (χ3n) is 5.78. The molecule has 1 aliphatic heterocycles. The van der Waals surface area contributed by atoms with Crippen molar-refractivity contribution in [3.8, 4) is 0 Å². The van der Waals surface area contributed by atoms with E-state index in [0.29, 0.717) is 22.3 Å². The number of nitrogens with one attached hydrogen (secondary N) is 1. The van der Waals surface area contributed by atoms with Crippen LogP contribution in [0.1, 0.15) is 28.7 Å². The molecule has 5 nitrogen and oxygen atoms in total. The van der Waals surface area contributed by atoms with Gasteiger partial charge in [0.1, 0.15) is 0 Å². The SMILES string of the molecule is O=C1C(=O)N(c2ccc3nc[nH]c3c2)C(c2ccc(Cl)c(C(F)(F)F)c2)C1c1ccccc1. The summed E-state index contributed by atoms with van der Waals surface area (Å²) in [6, 6.07) is 16.0. The number of rotatable bonds is 3. The average Bonchev–Trinajstić information content (AvgIpc) is 3.36. The van der Waals surface area contributed by atoms with Gasteiger partial charge in [0.15, 0.2) is 0 Å². The van der Waals surface area contributed by atoms with Crippen molar-refractivity contribution in [1.29, 1.82) is 0 Å². The van der Waals surface area contributed by atoms with Gasteiger partial charge in [-0.2, -0.15) is 13.2 Å². The minimum absolute atomic E-state index is 0.157. The molecule has 1 fully saturated rings. The molecule has 1 N–H and O–H groups in total. The van der Waals surface area contributed by atoms with Crippen molar-refractivity contribution in [2.45, 2.75) is 18.1 Å². The Morgan fingerprint density at radius 3 is 2.42 bits per heavy atom. The summed E-state index contributed by atoms with van der Waals surface area (Å²) in [5.74, 6) is -2.48. The van der Waals surface area contributed by atoms with Gasteiger partial charge in [-0.25, -0.2) is 4.98 Å². The van der Waals surface area contributed by atoms with Gasteiger partial charge in [0.25, 0.3) is 5.91 Å². The molecule has 2 atom stereocenters. The van der Waals surface area contributed by atoms with Gasteiger partial charge >= 0.3 is 6.18 Å². The Morgan fingerprint density at radius 2 is 1.70 bits per heavy atom. The van der Waals surface area contributed by atoms with Crippen molar-refractivity contribution in [2.24, 2.45) is 0 Å². The first kappa shape index (κ1) is 21.2. The van der Waals surface area contributed by atoms with Crippen LogP contribution in [0.2, 0.25) is 5.02 Å². The number of aromatic amines is 1. The predicted octanol–water partition coefficient (Wildman–Crippen LogP) is 5.68. The molecule has 33 heavy (non-hydrogen) atoms. The van der Waals surface area contributed by atoms with E-state index in [-0.39, 0.29) is 5.56 Å². The molecule has 0 saturated carbocycles. The zero-order valence-electron chi connectivity index (χ0n) is 16.8. The Morgan fingerprint density at radius 1 is 0.939 bits per heavy atom. The second-order valence-electron chi connectivity index (χ2n) is 7.71. The summed E-state index contributed by atoms with van der Waals surface area (Å²) in [6.07, 6.45) is -3.20. The number of imidazole rings is 1. The number of fused-ring (bicyclic) bond motifs is 1. The van der Waals surface area contributed by atoms with E-state index in [1.807, 2.05) is 0 Å². The standard InChI is InChI=1S/C24H15ClF3N3O2/c25-17-8-6-14(10-16(17)24(26,27)28)21-20(13-4-2-1-3-5-13)22(32)23(33)31(21)15-7-9-18-19(11-15)30-12-29-18/h1-12,20-21H,(H,29,30). The monoisotopic (exact) mass is 469 g/mol. The highest BCUT2D eigenvalue weighted by Crippen LogP contribution is 2.47. The van der Waals surface area contributed by atoms with Crippen LogP contribution < -0.4 is 4.90 Å². The molecule has 9 heteroatoms. The lowest BCUT2D eigenvalue weighted by Gasteiger charge is -2.28. The van der Waals surface area contributed by atoms with Gasteiger partial charge in [0.05, 0.1) is 39.9 Å². The number of carbonyl (C=O) groups is 2. The van der Waals surface area contributed by atoms with Crippen LogP contribution in [-0.2, 0) is 15.8 Å². The minimum atomic E-state index is -4.69. The van der Waals surface area contributed by atoms with Gasteiger partial charge in [-0.3, -0.25) is 14.5 Å². The molecule has 0 spiro atoms. The second-order valence-corrected chi connectivity index (χ2v) is 8.12. The van der Waals surface area contributed by atoms with Crippen LogP contribution >= 0.6 is 11.6 Å². The molecule has 2 unspecified atom stereocenters. The highest BCUT2D eigenvalue weighted by Gasteiger charge is 2.50. The Labute approximate surface area is 190 Å². The summed E-state index contributed by atoms with van der Waals surface area (Å²) >= 11 is 5.83. The van der Waals surface area contributed by atoms with Gasteiger partial charge in [-0.15, -0.1) is 0 Å². The third-order valence-corrected chi connectivity index (χ3v) is 6.11. The lowest BCUT2D eigenvalue weighted by atomic mass is 9.86. The lowest BCUT2D eigenvalue weighted by Crippen LogP contribution is -2.29. The van der Waals surface area contributed by atoms with Crippen LogP contribution in [0.3, 0.4) is 0 Å². The largest absolute Gasteiger partial charge is 0.417 e. The maximum atomic E-state index is 13.6. The van der Waals surface area contributed by atoms with Crippen molar-refractivity contribution in [3.05, 3.63) is 94.8 Å². The zero-order valence-corrected chi connectivity index (χ0v) is 17.6. The van der Waals surface area contributed by atoms with E-state index in [4.69, 9.17) is 11.6 Å². The number of carbonyl (C=O) groups excluding carboxylic acids is 2. The predicted molar refractivity (Wildman–Crippen MR) is 117 cm³/mol. The molecule has 1 aromatic heterocycles. The fourth-order valence-electron chi connectivity index (χ4n) is 4.30. The van der Waals surface area contributed by atoms with Gasteiger partial charge < -0.3 is 4.98 Å². The summed E-state index contributed by atoms with van der Waals surface area (Å²) in [5.41, 5.74) is 1.32. The van der Waals surface area contributed by atoms with E-state index in [2.05, 4.69) is 9.97 Å². The maximum Gasteiger partial charge on any atom is 0.417 e. The zero-order chi connectivity index (χ0) is 23.3. The molecule has 4 aromatic rings. The fraction of sp³-hybridized carbons (Fsp3) is 0.125. The number of anilines is 1. The summed E-state index contributed by atoms with van der Waals surface area (Å²) in [7, 11) is 0. The number of H-pyrrole nitrogens is 1. The summed E-state index contributed by atoms with van der Waals surface area (Å²) in [5, 5.41) is -0.455. The smallest absolute Gasteiger partial charge is 0.345 e. The molecule has 1 amide bonds. The normalized spacial score (nSPS) is 19.0. The minimum Gasteiger partial charge on any atom is -0.345 e. The highest BCUT2D eigenvalue weighted by atomic mass is 35.5. The fourth-order valence-corrected chi connectivity index (χ4v) is 4.53. The number of Topliss-reactive ketones (excluding diaryl/α,β-unsaturated/α-hetero) is 1. The molecule has 1 saturated heterocycles. The Balaban J connectivity index is 1.72. The van der Waals surface area contributed by atoms with Crippen LogP contribution in [0.4, 0.5) is 18.9 Å². The van der Waals surface area contributed by atoms with Crippen molar-refractivity contribution in [2.75, 3.05) is 4.90 Å². The van der Waals surface area contributed by atoms with E-state index in [0.717, 1.165) is 12.1 Å². The molecule has 2 heterocycles. The van der Waals surface area contributed by atoms with Crippen molar-refractivity contribution in [1.82, 2.24) is 9.97 Å². The first-order valence-corrected chi connectivity index (χ1v) is 10.4. The first-order valence-electron chi connectivity index (χ1n) is 9.98. The van der Waals surface area contributed by atoms with Gasteiger partial charge in [0.2, 0.25) is 5.78 Å². The first-order chi connectivity index (χ1) is 15.8. The summed E-state index contributed by atoms with van der Waals surface area (Å²) < 4.78 is 40.8. The van der Waals surface area contributed by atoms with Crippen LogP contribution in [0.25, 0.3) is 11.0 Å². The van der Waals surface area contributed by atoms with E-state index >= 15 is 0 Å². The Kier molecular flexibility index (Phi) is 4.97. The number of nitrogens with zero attached hydrogens (tertiary/aromatic N) is 2. The number of alkyl halides is 3. The van der Waals surface area contributed by atoms with Gasteiger partial charge in [-0.05, 0) is 41.5 Å². The maximum absolute atomic E-state index is 13.6. The topological polar surface area (TPSA) is 66.1 Å². The van der Waals surface area contributed by atoms with Crippen LogP contribution in [0, 0.1) is 0 Å². The Bertz CT molecular complexity index is 1380. The third kappa shape index (κ3) is 3.56. The van der Waals surface area contributed by atoms with Crippen molar-refractivity contribution < 1.29 is 22.8 Å². The lowest BCUT2D eigenvalue weighted by molar-refractivity contribution is -0.137. The molecule has 5 rings (SSSR count). The number of benzene rings is 3. The van der Waals surface area contributed by atoms with Gasteiger partial charge in [0, 0.05) is 5.69 Å². The number of hydrogen-bond donors (Lipinski definition) is 1. The summed E-state index contributed by atoms with van der Waals surface area (Å²) in [4.78, 5) is 34.7. The van der Waals surface area contributed by atoms with Crippen LogP contribution in [0.15, 0.2) is 73.1 Å². The van der Waals surface area contributed by atoms with Crippen molar-refractivity contribution in [3.63, 3.8) is 0 Å². The van der Waals surface area contributed by atoms with E-state index < -0.39 is 40.4 Å². The second kappa shape index (κ2) is 7.74. The number of ketones is 1. The van der Waals surface area contributed by atoms with Crippen LogP contribution in [-0.4, -0.2) is 21.7 Å². The quantitative estimate of drug-likeness (QED) is 0.393. The molecule has 0 radical (unpaired) electrons. The average molecular weight is 470 g/mol. The molecule has 3 aromatic carbocycles. The number of halogens is 4. The molecular formula is C24H15ClF3N3O2. The molecular weight excluding hydrogens is 455 g/mol. The molecule has 0 bridgehead atoms. The molecule has 0 aliphatic carbocycles. The van der Waals surface area contributed by atoms with Crippen molar-refractivity contribution >= 4 is 40.0 Å². The van der Waals surface area contributed by atoms with E-state index in [1.54, 1.807) is 48.5 Å². The number of aromatic nitrogens is 2. The number of amides is 1. The van der Waals surface area contributed by atoms with Gasteiger partial charge in [-0.1, -0.05) is 48.0 Å². The van der Waals surface area contributed by atoms with E-state index in [9.17, 15) is 22.8 Å². The Hall–Kier alpha value is -3.65. The molecule has 166 valence electrons. The van der Waals surface area contributed by atoms with E-state index in [1.165, 1.54) is 17.3 Å².